The fourth-order valence-electron chi connectivity index (χ4n) is 5.10. The zero-order valence-corrected chi connectivity index (χ0v) is 31.6. The molecule has 1 aliphatic rings. The minimum absolute atomic E-state index is 0. The van der Waals surface area contributed by atoms with Crippen LogP contribution < -0.4 is 14.4 Å². The summed E-state index contributed by atoms with van der Waals surface area (Å²) in [5, 5.41) is 2.01. The van der Waals surface area contributed by atoms with Gasteiger partial charge >= 0.3 is 21.1 Å². The number of ether oxygens (including phenoxy) is 2. The van der Waals surface area contributed by atoms with Gasteiger partial charge in [-0.1, -0.05) is 47.6 Å². The van der Waals surface area contributed by atoms with Crippen molar-refractivity contribution in [2.24, 2.45) is 0 Å². The van der Waals surface area contributed by atoms with E-state index >= 15 is 0 Å². The van der Waals surface area contributed by atoms with Crippen LogP contribution in [0.4, 0.5) is 5.69 Å². The normalized spacial score (nSPS) is 11.5. The topological polar surface area (TPSA) is 42.8 Å². The summed E-state index contributed by atoms with van der Waals surface area (Å²) in [5.74, 6) is 2.43. The van der Waals surface area contributed by atoms with Crippen LogP contribution in [-0.4, -0.2) is 21.5 Å². The summed E-state index contributed by atoms with van der Waals surface area (Å²) in [6, 6.07) is 53.7. The Balaban J connectivity index is 0.000000503. The first kappa shape index (κ1) is 36.9. The first-order valence-corrected chi connectivity index (χ1v) is 15.4. The molecule has 3 heterocycles. The SMILES string of the molecule is CN1C=CN(c2[c-]c(Oc3[c-]c(-c4cc(-c5[c-]c(Oc6[c-]cccc6)c6ccccc6c5)[c-]cn4)ccc3)ccc2)[CH-]1.[C-]#Cn1cccc1.[Pt+4].[Pt]. The third-order valence-corrected chi connectivity index (χ3v) is 7.44. The average molecular weight is 1020 g/mol. The number of aromatic nitrogens is 2. The van der Waals surface area contributed by atoms with Gasteiger partial charge in [0.1, 0.15) is 0 Å². The van der Waals surface area contributed by atoms with Gasteiger partial charge in [-0.2, -0.15) is 43.1 Å². The Bertz CT molecular complexity index is 2270. The predicted molar refractivity (Wildman–Crippen MR) is 190 cm³/mol. The molecule has 0 saturated heterocycles. The molecule has 0 amide bonds. The van der Waals surface area contributed by atoms with E-state index in [2.05, 4.69) is 53.5 Å². The number of nitrogens with zero attached hydrogens (tertiary/aromatic N) is 4. The first-order valence-electron chi connectivity index (χ1n) is 15.4. The average Bonchev–Trinajstić information content (AvgIpc) is 3.85. The third kappa shape index (κ3) is 9.27. The van der Waals surface area contributed by atoms with Crippen LogP contribution in [0.25, 0.3) is 33.2 Å². The molecule has 254 valence electrons. The van der Waals surface area contributed by atoms with Crippen molar-refractivity contribution in [2.75, 3.05) is 11.9 Å². The maximum absolute atomic E-state index is 6.57. The van der Waals surface area contributed by atoms with Crippen molar-refractivity contribution in [1.82, 2.24) is 14.5 Å². The molecule has 5 aromatic carbocycles. The van der Waals surface area contributed by atoms with Crippen molar-refractivity contribution in [3.8, 4) is 51.4 Å². The standard InChI is InChI=1S/C37H23N3O2.C6H4N.2Pt/c1-39-19-20-40(26-39)31-11-8-15-34(25-31)41-33-14-7-10-29(22-33)36-23-27(17-18-38-36)30-21-28-9-5-6-16-35(28)37(24-30)42-32-12-3-2-4-13-32;1-2-7-5-3-4-6-7;;/h2-12,14-16,18-21,23,26H,1H3;3-6H;;/q-6;-1;;+4. The predicted octanol–water partition coefficient (Wildman–Crippen LogP) is 9.38. The maximum Gasteiger partial charge on any atom is 4.00 e. The van der Waals surface area contributed by atoms with Gasteiger partial charge in [0.25, 0.3) is 0 Å². The molecule has 1 aliphatic heterocycles. The van der Waals surface area contributed by atoms with Gasteiger partial charge in [0.2, 0.25) is 0 Å². The number of rotatable bonds is 7. The Hall–Kier alpha value is -5.33. The van der Waals surface area contributed by atoms with Crippen LogP contribution in [0, 0.1) is 49.5 Å². The minimum Gasteiger partial charge on any atom is -0.669 e. The maximum atomic E-state index is 6.57. The van der Waals surface area contributed by atoms with Crippen molar-refractivity contribution >= 4 is 16.5 Å². The molecule has 0 spiro atoms. The summed E-state index contributed by atoms with van der Waals surface area (Å²) in [7, 11) is 1.98. The van der Waals surface area contributed by atoms with Gasteiger partial charge in [0.15, 0.2) is 0 Å². The van der Waals surface area contributed by atoms with Gasteiger partial charge in [-0.15, -0.1) is 65.2 Å². The molecule has 0 unspecified atom stereocenters. The van der Waals surface area contributed by atoms with E-state index in [-0.39, 0.29) is 42.1 Å². The van der Waals surface area contributed by atoms with Gasteiger partial charge in [-0.25, -0.2) is 18.2 Å². The van der Waals surface area contributed by atoms with Crippen molar-refractivity contribution < 1.29 is 51.6 Å². The molecule has 0 radical (unpaired) electrons. The molecule has 8 rings (SSSR count). The Morgan fingerprint density at radius 2 is 1.49 bits per heavy atom. The monoisotopic (exact) mass is 1020 g/mol. The molecule has 0 bridgehead atoms. The fourth-order valence-corrected chi connectivity index (χ4v) is 5.10. The van der Waals surface area contributed by atoms with Crippen LogP contribution in [0.5, 0.6) is 23.0 Å². The molecule has 0 atom stereocenters. The number of para-hydroxylation sites is 1. The van der Waals surface area contributed by atoms with Crippen molar-refractivity contribution in [1.29, 1.82) is 0 Å². The van der Waals surface area contributed by atoms with Crippen molar-refractivity contribution in [3.05, 3.63) is 184 Å². The molecule has 8 heteroatoms. The first-order chi connectivity index (χ1) is 24.1. The van der Waals surface area contributed by atoms with E-state index in [9.17, 15) is 0 Å². The number of fused-ring (bicyclic) bond motifs is 1. The second kappa shape index (κ2) is 17.5. The van der Waals surface area contributed by atoms with E-state index in [1.54, 1.807) is 23.2 Å². The van der Waals surface area contributed by atoms with Crippen molar-refractivity contribution in [2.45, 2.75) is 0 Å². The van der Waals surface area contributed by atoms with Gasteiger partial charge < -0.3 is 35.2 Å². The minimum atomic E-state index is 0. The van der Waals surface area contributed by atoms with Gasteiger partial charge in [0, 0.05) is 56.5 Å². The van der Waals surface area contributed by atoms with E-state index < -0.39 is 0 Å². The van der Waals surface area contributed by atoms with Gasteiger partial charge in [-0.05, 0) is 31.6 Å². The Morgan fingerprint density at radius 3 is 2.24 bits per heavy atom. The molecule has 0 fully saturated rings. The summed E-state index contributed by atoms with van der Waals surface area (Å²) < 4.78 is 13.9. The summed E-state index contributed by atoms with van der Waals surface area (Å²) >= 11 is 0. The molecule has 2 aromatic heterocycles. The molecule has 0 N–H and O–H groups in total. The molecular formula is C43H27N4O2Pt2-3. The quantitative estimate of drug-likeness (QED) is 0.118. The summed E-state index contributed by atoms with van der Waals surface area (Å²) in [4.78, 5) is 8.54. The zero-order chi connectivity index (χ0) is 33.4. The third-order valence-electron chi connectivity index (χ3n) is 7.44. The molecular weight excluding hydrogens is 995 g/mol. The number of hydrogen-bond donors (Lipinski definition) is 0. The Labute approximate surface area is 327 Å². The van der Waals surface area contributed by atoms with Crippen LogP contribution in [0.2, 0.25) is 0 Å². The van der Waals surface area contributed by atoms with Crippen LogP contribution in [0.3, 0.4) is 0 Å². The summed E-state index contributed by atoms with van der Waals surface area (Å²) in [5.41, 5.74) is 4.11. The van der Waals surface area contributed by atoms with Gasteiger partial charge in [-0.3, -0.25) is 11.1 Å². The zero-order valence-electron chi connectivity index (χ0n) is 27.1. The van der Waals surface area contributed by atoms with Crippen LogP contribution in [0.1, 0.15) is 0 Å². The van der Waals surface area contributed by atoms with Crippen LogP contribution >= 0.6 is 0 Å². The number of benzene rings is 5. The molecule has 0 saturated carbocycles. The molecule has 7 aromatic rings. The molecule has 0 aliphatic carbocycles. The number of pyridine rings is 1. The fraction of sp³-hybridized carbons (Fsp3) is 0.0233. The smallest absolute Gasteiger partial charge is 0.669 e. The summed E-state index contributed by atoms with van der Waals surface area (Å²) in [6.45, 7) is 1.97. The number of anilines is 1. The number of hydrogen-bond acceptors (Lipinski definition) is 5. The Kier molecular flexibility index (Phi) is 12.7. The van der Waals surface area contributed by atoms with E-state index in [1.807, 2.05) is 133 Å². The van der Waals surface area contributed by atoms with E-state index in [1.165, 1.54) is 0 Å². The van der Waals surface area contributed by atoms with E-state index in [4.69, 9.17) is 15.9 Å². The second-order valence-electron chi connectivity index (χ2n) is 10.9. The van der Waals surface area contributed by atoms with E-state index in [0.717, 1.165) is 38.8 Å². The van der Waals surface area contributed by atoms with Gasteiger partial charge in [0.05, 0.1) is 0 Å². The second-order valence-corrected chi connectivity index (χ2v) is 10.9. The molecule has 51 heavy (non-hydrogen) atoms. The molecule has 6 nitrogen and oxygen atoms in total. The Morgan fingerprint density at radius 1 is 0.725 bits per heavy atom. The van der Waals surface area contributed by atoms with Crippen LogP contribution in [0.15, 0.2) is 140 Å². The van der Waals surface area contributed by atoms with Crippen molar-refractivity contribution in [3.63, 3.8) is 0 Å². The van der Waals surface area contributed by atoms with E-state index in [0.29, 0.717) is 23.0 Å². The summed E-state index contributed by atoms with van der Waals surface area (Å²) in [6.07, 6.45) is 15.7. The largest absolute Gasteiger partial charge is 4.00 e. The van der Waals surface area contributed by atoms with Crippen LogP contribution in [-0.2, 0) is 42.1 Å².